The van der Waals surface area contributed by atoms with Gasteiger partial charge in [-0.25, -0.2) is 18.0 Å². The average Bonchev–Trinajstić information content (AvgIpc) is 2.70. The summed E-state index contributed by atoms with van der Waals surface area (Å²) in [5.74, 6) is -1.82. The highest BCUT2D eigenvalue weighted by Crippen LogP contribution is 2.17. The van der Waals surface area contributed by atoms with Crippen molar-refractivity contribution in [2.45, 2.75) is 0 Å². The molecule has 0 bridgehead atoms. The molecule has 0 saturated heterocycles. The summed E-state index contributed by atoms with van der Waals surface area (Å²) >= 11 is 0. The van der Waals surface area contributed by atoms with Crippen LogP contribution in [0.3, 0.4) is 0 Å². The number of nitrogens with zero attached hydrogens (tertiary/aromatic N) is 2. The van der Waals surface area contributed by atoms with E-state index >= 15 is 0 Å². The van der Waals surface area contributed by atoms with Crippen LogP contribution in [0.2, 0.25) is 0 Å². The van der Waals surface area contributed by atoms with E-state index in [1.54, 1.807) is 12.1 Å². The highest BCUT2D eigenvalue weighted by Gasteiger charge is 2.25. The highest BCUT2D eigenvalue weighted by molar-refractivity contribution is 7.90. The van der Waals surface area contributed by atoms with Crippen LogP contribution in [0.25, 0.3) is 0 Å². The molecule has 1 amide bonds. The minimum Gasteiger partial charge on any atom is -0.465 e. The molecule has 2 aliphatic rings. The number of fused-ring (bicyclic) bond motifs is 1. The second kappa shape index (κ2) is 8.27. The number of anilines is 1. The number of carbonyl (C=O) groups excluding carboxylic acids is 3. The number of amidine groups is 1. The van der Waals surface area contributed by atoms with E-state index in [4.69, 9.17) is 4.74 Å². The number of carbonyl (C=O) groups is 3. The summed E-state index contributed by atoms with van der Waals surface area (Å²) in [5, 5.41) is 2.52. The van der Waals surface area contributed by atoms with Crippen molar-refractivity contribution in [2.75, 3.05) is 31.3 Å². The molecule has 0 radical (unpaired) electrons. The molecular formula is C18H17N3O7S. The van der Waals surface area contributed by atoms with Crippen LogP contribution in [0.4, 0.5) is 5.69 Å². The van der Waals surface area contributed by atoms with Crippen LogP contribution in [-0.4, -0.2) is 63.0 Å². The second-order valence-electron chi connectivity index (χ2n) is 6.04. The summed E-state index contributed by atoms with van der Waals surface area (Å²) in [5.41, 5.74) is 0.769. The SMILES string of the molecule is COC(=O)c1cccc(NC(=O)COC(=O)C2=CN3CCS(=O)(=O)N=C3C=C2)c1. The van der Waals surface area contributed by atoms with Crippen molar-refractivity contribution in [3.8, 4) is 0 Å². The van der Waals surface area contributed by atoms with Crippen LogP contribution in [-0.2, 0) is 29.1 Å². The number of hydrogen-bond donors (Lipinski definition) is 1. The van der Waals surface area contributed by atoms with E-state index in [0.717, 1.165) is 0 Å². The van der Waals surface area contributed by atoms with Gasteiger partial charge >= 0.3 is 11.9 Å². The third-order valence-corrected chi connectivity index (χ3v) is 5.13. The number of benzene rings is 1. The standard InChI is InChI=1S/C18H17N3O7S/c1-27-17(23)12-3-2-4-14(9-12)19-16(22)11-28-18(24)13-5-6-15-20-29(25,26)8-7-21(15)10-13/h2-6,9-10H,7-8,11H2,1H3,(H,19,22). The van der Waals surface area contributed by atoms with Crippen LogP contribution in [0.1, 0.15) is 10.4 Å². The number of esters is 2. The van der Waals surface area contributed by atoms with Crippen LogP contribution >= 0.6 is 0 Å². The third kappa shape index (κ3) is 5.08. The maximum atomic E-state index is 12.2. The lowest BCUT2D eigenvalue weighted by atomic mass is 10.2. The fraction of sp³-hybridized carbons (Fsp3) is 0.222. The molecular weight excluding hydrogens is 402 g/mol. The number of sulfonamides is 1. The van der Waals surface area contributed by atoms with Gasteiger partial charge in [-0.3, -0.25) is 4.79 Å². The van der Waals surface area contributed by atoms with Gasteiger partial charge in [-0.05, 0) is 30.4 Å². The maximum absolute atomic E-state index is 12.2. The molecule has 0 spiro atoms. The summed E-state index contributed by atoms with van der Waals surface area (Å²) in [4.78, 5) is 37.2. The predicted molar refractivity (Wildman–Crippen MR) is 103 cm³/mol. The van der Waals surface area contributed by atoms with Gasteiger partial charge in [-0.2, -0.15) is 0 Å². The lowest BCUT2D eigenvalue weighted by molar-refractivity contribution is -0.143. The van der Waals surface area contributed by atoms with Crippen LogP contribution in [0, 0.1) is 0 Å². The van der Waals surface area contributed by atoms with E-state index in [0.29, 0.717) is 5.69 Å². The Labute approximate surface area is 166 Å². The van der Waals surface area contributed by atoms with E-state index < -0.39 is 34.5 Å². The Morgan fingerprint density at radius 3 is 2.76 bits per heavy atom. The fourth-order valence-electron chi connectivity index (χ4n) is 2.57. The summed E-state index contributed by atoms with van der Waals surface area (Å²) in [7, 11) is -2.24. The van der Waals surface area contributed by atoms with Crippen molar-refractivity contribution in [2.24, 2.45) is 4.40 Å². The van der Waals surface area contributed by atoms with Gasteiger partial charge < -0.3 is 19.7 Å². The molecule has 0 aromatic heterocycles. The Bertz CT molecular complexity index is 1060. The van der Waals surface area contributed by atoms with Gasteiger partial charge in [0.15, 0.2) is 6.61 Å². The first-order valence-corrected chi connectivity index (χ1v) is 10.0. The molecule has 1 aromatic carbocycles. The first-order valence-electron chi connectivity index (χ1n) is 8.42. The molecule has 1 aromatic rings. The molecule has 1 N–H and O–H groups in total. The molecule has 0 atom stereocenters. The van der Waals surface area contributed by atoms with Crippen molar-refractivity contribution in [1.29, 1.82) is 0 Å². The normalized spacial score (nSPS) is 16.8. The highest BCUT2D eigenvalue weighted by atomic mass is 32.2. The van der Waals surface area contributed by atoms with Crippen molar-refractivity contribution in [3.05, 3.63) is 53.8 Å². The molecule has 2 aliphatic heterocycles. The maximum Gasteiger partial charge on any atom is 0.340 e. The second-order valence-corrected chi connectivity index (χ2v) is 7.80. The molecule has 10 nitrogen and oxygen atoms in total. The van der Waals surface area contributed by atoms with Crippen LogP contribution in [0.5, 0.6) is 0 Å². The van der Waals surface area contributed by atoms with Crippen molar-refractivity contribution in [1.82, 2.24) is 4.90 Å². The number of methoxy groups -OCH3 is 1. The van der Waals surface area contributed by atoms with Crippen LogP contribution < -0.4 is 5.32 Å². The van der Waals surface area contributed by atoms with Crippen molar-refractivity contribution in [3.63, 3.8) is 0 Å². The number of hydrogen-bond acceptors (Lipinski definition) is 8. The van der Waals surface area contributed by atoms with E-state index in [2.05, 4.69) is 14.5 Å². The number of nitrogens with one attached hydrogen (secondary N) is 1. The zero-order chi connectivity index (χ0) is 21.0. The molecule has 29 heavy (non-hydrogen) atoms. The largest absolute Gasteiger partial charge is 0.465 e. The molecule has 0 aliphatic carbocycles. The first kappa shape index (κ1) is 20.3. The quantitative estimate of drug-likeness (QED) is 0.681. The van der Waals surface area contributed by atoms with E-state index in [9.17, 15) is 22.8 Å². The van der Waals surface area contributed by atoms with Gasteiger partial charge in [0.2, 0.25) is 0 Å². The number of ether oxygens (including phenoxy) is 2. The molecule has 3 rings (SSSR count). The molecule has 152 valence electrons. The Hall–Kier alpha value is -3.47. The number of amides is 1. The summed E-state index contributed by atoms with van der Waals surface area (Å²) in [6, 6.07) is 6.11. The van der Waals surface area contributed by atoms with Gasteiger partial charge in [0, 0.05) is 18.4 Å². The minimum atomic E-state index is -3.48. The minimum absolute atomic E-state index is 0.156. The van der Waals surface area contributed by atoms with E-state index in [-0.39, 0.29) is 29.3 Å². The van der Waals surface area contributed by atoms with Crippen molar-refractivity contribution >= 4 is 39.4 Å². The summed E-state index contributed by atoms with van der Waals surface area (Å²) in [6.45, 7) is -0.374. The van der Waals surface area contributed by atoms with E-state index in [1.807, 2.05) is 0 Å². The Balaban J connectivity index is 1.56. The molecule has 0 unspecified atom stereocenters. The topological polar surface area (TPSA) is 131 Å². The van der Waals surface area contributed by atoms with Crippen molar-refractivity contribution < 1.29 is 32.3 Å². The zero-order valence-electron chi connectivity index (χ0n) is 15.3. The van der Waals surface area contributed by atoms with E-state index in [1.165, 1.54) is 42.5 Å². The summed E-state index contributed by atoms with van der Waals surface area (Å²) in [6.07, 6.45) is 4.19. The predicted octanol–water partition coefficient (Wildman–Crippen LogP) is 0.452. The molecule has 2 heterocycles. The Morgan fingerprint density at radius 1 is 1.21 bits per heavy atom. The smallest absolute Gasteiger partial charge is 0.340 e. The Morgan fingerprint density at radius 2 is 2.00 bits per heavy atom. The number of rotatable bonds is 5. The zero-order valence-corrected chi connectivity index (χ0v) is 16.1. The van der Waals surface area contributed by atoms with Crippen LogP contribution in [0.15, 0.2) is 52.6 Å². The third-order valence-electron chi connectivity index (χ3n) is 3.96. The lowest BCUT2D eigenvalue weighted by Gasteiger charge is -2.26. The van der Waals surface area contributed by atoms with Gasteiger partial charge in [0.05, 0.1) is 24.0 Å². The lowest BCUT2D eigenvalue weighted by Crippen LogP contribution is -2.37. The first-order chi connectivity index (χ1) is 13.8. The Kier molecular flexibility index (Phi) is 5.78. The summed E-state index contributed by atoms with van der Waals surface area (Å²) < 4.78 is 36.2. The van der Waals surface area contributed by atoms with Gasteiger partial charge in [-0.1, -0.05) is 6.07 Å². The molecule has 11 heteroatoms. The monoisotopic (exact) mass is 419 g/mol. The molecule has 0 fully saturated rings. The van der Waals surface area contributed by atoms with Gasteiger partial charge in [0.25, 0.3) is 15.9 Å². The average molecular weight is 419 g/mol. The fourth-order valence-corrected chi connectivity index (χ4v) is 3.54. The van der Waals surface area contributed by atoms with Gasteiger partial charge in [0.1, 0.15) is 5.84 Å². The van der Waals surface area contributed by atoms with Gasteiger partial charge in [-0.15, -0.1) is 4.40 Å². The molecule has 0 saturated carbocycles.